The van der Waals surface area contributed by atoms with Crippen molar-refractivity contribution in [2.75, 3.05) is 6.61 Å². The van der Waals surface area contributed by atoms with Gasteiger partial charge in [0.15, 0.2) is 8.32 Å². The Kier molecular flexibility index (Phi) is 8.42. The molecule has 206 valence electrons. The summed E-state index contributed by atoms with van der Waals surface area (Å²) >= 11 is 1.48. The van der Waals surface area contributed by atoms with Gasteiger partial charge in [-0.15, -0.1) is 11.8 Å². The lowest BCUT2D eigenvalue weighted by Gasteiger charge is -2.52. The number of carboxylic acids is 1. The molecule has 1 heterocycles. The fraction of sp³-hybridized carbons (Fsp3) is 0.355. The van der Waals surface area contributed by atoms with Crippen LogP contribution in [0.3, 0.4) is 0 Å². The lowest BCUT2D eigenvalue weighted by Crippen LogP contribution is -2.67. The number of β-lactam (4-membered cyclic amide) rings is 1. The summed E-state index contributed by atoms with van der Waals surface area (Å²) in [5.74, 6) is -2.47. The molecule has 8 heteroatoms. The first-order chi connectivity index (χ1) is 18.4. The highest BCUT2D eigenvalue weighted by molar-refractivity contribution is 8.01. The summed E-state index contributed by atoms with van der Waals surface area (Å²) in [6, 6.07) is 30.0. The van der Waals surface area contributed by atoms with Gasteiger partial charge in [0.1, 0.15) is 0 Å². The lowest BCUT2D eigenvalue weighted by molar-refractivity contribution is -0.182. The monoisotopic (exact) mass is 563 g/mol. The molecule has 6 nitrogen and oxygen atoms in total. The average Bonchev–Trinajstić information content (AvgIpc) is 2.91. The number of rotatable bonds is 10. The molecule has 0 spiro atoms. The Labute approximate surface area is 236 Å². The number of hydrogen-bond acceptors (Lipinski definition) is 5. The number of carboxylic acid groups (broad SMARTS) is 1. The van der Waals surface area contributed by atoms with Crippen LogP contribution in [0.1, 0.15) is 37.5 Å². The van der Waals surface area contributed by atoms with E-state index in [-0.39, 0.29) is 11.6 Å². The Balaban J connectivity index is 1.85. The van der Waals surface area contributed by atoms with E-state index in [9.17, 15) is 19.8 Å². The average molecular weight is 564 g/mol. The van der Waals surface area contributed by atoms with Crippen molar-refractivity contribution in [3.05, 3.63) is 108 Å². The number of aliphatic hydroxyl groups is 1. The molecule has 3 aromatic rings. The van der Waals surface area contributed by atoms with E-state index in [0.29, 0.717) is 0 Å². The van der Waals surface area contributed by atoms with Gasteiger partial charge in [-0.05, 0) is 34.8 Å². The fourth-order valence-corrected chi connectivity index (χ4v) is 7.54. The Hall–Kier alpha value is -2.91. The van der Waals surface area contributed by atoms with Crippen molar-refractivity contribution >= 4 is 32.0 Å². The van der Waals surface area contributed by atoms with Crippen molar-refractivity contribution in [2.24, 2.45) is 5.92 Å². The SMILES string of the molecule is CC(C)(C)[Si](C)(C)OC[C@H]1C(=O)N(C(O)C(=O)O)[C@@H]1SC(c1ccccc1)(c1ccccc1)c1ccccc1. The molecule has 3 atom stereocenters. The smallest absolute Gasteiger partial charge is 0.354 e. The second-order valence-electron chi connectivity index (χ2n) is 11.4. The van der Waals surface area contributed by atoms with Crippen molar-refractivity contribution in [3.63, 3.8) is 0 Å². The molecule has 1 fully saturated rings. The first-order valence-electron chi connectivity index (χ1n) is 13.1. The van der Waals surface area contributed by atoms with Crippen LogP contribution in [0.25, 0.3) is 0 Å². The van der Waals surface area contributed by atoms with Crippen molar-refractivity contribution < 1.29 is 24.2 Å². The second-order valence-corrected chi connectivity index (χ2v) is 17.6. The first kappa shape index (κ1) is 29.1. The molecule has 0 bridgehead atoms. The van der Waals surface area contributed by atoms with Gasteiger partial charge in [0.25, 0.3) is 0 Å². The molecule has 0 saturated carbocycles. The van der Waals surface area contributed by atoms with Gasteiger partial charge in [-0.2, -0.15) is 0 Å². The van der Waals surface area contributed by atoms with Crippen LogP contribution in [0.15, 0.2) is 91.0 Å². The number of nitrogens with zero attached hydrogens (tertiary/aromatic N) is 1. The van der Waals surface area contributed by atoms with Gasteiger partial charge in [0.2, 0.25) is 12.1 Å². The summed E-state index contributed by atoms with van der Waals surface area (Å²) in [5, 5.41) is 19.6. The number of carbonyl (C=O) groups is 2. The third kappa shape index (κ3) is 5.56. The van der Waals surface area contributed by atoms with E-state index in [1.54, 1.807) is 0 Å². The van der Waals surface area contributed by atoms with Crippen LogP contribution in [-0.4, -0.2) is 53.5 Å². The van der Waals surface area contributed by atoms with Gasteiger partial charge in [-0.1, -0.05) is 112 Å². The first-order valence-corrected chi connectivity index (χ1v) is 16.9. The predicted molar refractivity (Wildman–Crippen MR) is 158 cm³/mol. The molecular weight excluding hydrogens is 526 g/mol. The molecule has 0 radical (unpaired) electrons. The molecule has 1 unspecified atom stereocenters. The standard InChI is InChI=1S/C31H37NO5SSi/c1-30(2,3)39(4,5)37-21-25-26(33)32(27(34)29(35)36)28(25)38-31(22-15-9-6-10-16-22,23-17-11-7-12-18-23)24-19-13-8-14-20-24/h6-20,25,27-28,34H,21H2,1-5H3,(H,35,36)/t25-,27?,28+/m0/s1. The number of likely N-dealkylation sites (tertiary alicyclic amines) is 1. The number of thioether (sulfide) groups is 1. The number of benzene rings is 3. The van der Waals surface area contributed by atoms with Gasteiger partial charge < -0.3 is 14.6 Å². The Morgan fingerprint density at radius 2 is 1.31 bits per heavy atom. The number of aliphatic carboxylic acids is 1. The molecule has 0 aliphatic carbocycles. The molecular formula is C31H37NO5SSi. The van der Waals surface area contributed by atoms with E-state index in [2.05, 4.69) is 33.9 Å². The van der Waals surface area contributed by atoms with Gasteiger partial charge in [-0.3, -0.25) is 9.69 Å². The van der Waals surface area contributed by atoms with Gasteiger partial charge in [0, 0.05) is 6.61 Å². The van der Waals surface area contributed by atoms with Crippen molar-refractivity contribution in [1.82, 2.24) is 4.90 Å². The molecule has 39 heavy (non-hydrogen) atoms. The third-order valence-electron chi connectivity index (χ3n) is 7.94. The zero-order chi connectivity index (χ0) is 28.4. The van der Waals surface area contributed by atoms with Crippen LogP contribution < -0.4 is 0 Å². The van der Waals surface area contributed by atoms with Gasteiger partial charge in [0.05, 0.1) is 16.0 Å². The summed E-state index contributed by atoms with van der Waals surface area (Å²) in [6.07, 6.45) is -1.95. The highest BCUT2D eigenvalue weighted by Crippen LogP contribution is 2.55. The topological polar surface area (TPSA) is 87.1 Å². The number of hydrogen-bond donors (Lipinski definition) is 2. The van der Waals surface area contributed by atoms with Crippen molar-refractivity contribution in [2.45, 2.75) is 55.3 Å². The predicted octanol–water partition coefficient (Wildman–Crippen LogP) is 5.92. The zero-order valence-electron chi connectivity index (χ0n) is 23.1. The normalized spacial score (nSPS) is 18.9. The minimum Gasteiger partial charge on any atom is -0.478 e. The minimum atomic E-state index is -2.19. The summed E-state index contributed by atoms with van der Waals surface area (Å²) in [7, 11) is -2.19. The summed E-state index contributed by atoms with van der Waals surface area (Å²) in [6.45, 7) is 10.8. The Morgan fingerprint density at radius 3 is 1.67 bits per heavy atom. The lowest BCUT2D eigenvalue weighted by atomic mass is 9.84. The van der Waals surface area contributed by atoms with Crippen LogP contribution in [-0.2, 0) is 18.8 Å². The van der Waals surface area contributed by atoms with E-state index >= 15 is 0 Å². The zero-order valence-corrected chi connectivity index (χ0v) is 24.9. The quantitative estimate of drug-likeness (QED) is 0.181. The summed E-state index contributed by atoms with van der Waals surface area (Å²) in [5.41, 5.74) is 2.96. The molecule has 1 aliphatic rings. The minimum absolute atomic E-state index is 0.0510. The number of carbonyl (C=O) groups excluding carboxylic acids is 1. The highest BCUT2D eigenvalue weighted by atomic mass is 32.2. The van der Waals surface area contributed by atoms with E-state index < -0.39 is 42.5 Å². The summed E-state index contributed by atoms with van der Waals surface area (Å²) < 4.78 is 5.68. The largest absolute Gasteiger partial charge is 0.478 e. The highest BCUT2D eigenvalue weighted by Gasteiger charge is 2.56. The van der Waals surface area contributed by atoms with Crippen molar-refractivity contribution in [1.29, 1.82) is 0 Å². The van der Waals surface area contributed by atoms with Crippen LogP contribution in [0.4, 0.5) is 0 Å². The maximum Gasteiger partial charge on any atom is 0.354 e. The van der Waals surface area contributed by atoms with E-state index in [4.69, 9.17) is 4.43 Å². The van der Waals surface area contributed by atoms with Crippen LogP contribution in [0.5, 0.6) is 0 Å². The van der Waals surface area contributed by atoms with Gasteiger partial charge >= 0.3 is 5.97 Å². The Morgan fingerprint density at radius 1 is 0.897 bits per heavy atom. The van der Waals surface area contributed by atoms with E-state index in [0.717, 1.165) is 21.6 Å². The van der Waals surface area contributed by atoms with Crippen LogP contribution in [0, 0.1) is 5.92 Å². The van der Waals surface area contributed by atoms with Crippen LogP contribution >= 0.6 is 11.8 Å². The summed E-state index contributed by atoms with van der Waals surface area (Å²) in [4.78, 5) is 26.4. The maximum absolute atomic E-state index is 13.4. The van der Waals surface area contributed by atoms with Crippen LogP contribution in [0.2, 0.25) is 18.1 Å². The van der Waals surface area contributed by atoms with Gasteiger partial charge in [-0.25, -0.2) is 4.79 Å². The van der Waals surface area contributed by atoms with E-state index in [1.807, 2.05) is 91.0 Å². The third-order valence-corrected chi connectivity index (χ3v) is 14.3. The number of aliphatic hydroxyl groups excluding tert-OH is 1. The molecule has 0 aromatic heterocycles. The number of amides is 1. The molecule has 1 amide bonds. The maximum atomic E-state index is 13.4. The Bertz CT molecular complexity index is 1180. The second kappa shape index (κ2) is 11.3. The fourth-order valence-electron chi connectivity index (χ4n) is 4.64. The molecule has 4 rings (SSSR count). The molecule has 2 N–H and O–H groups in total. The van der Waals surface area contributed by atoms with Crippen molar-refractivity contribution in [3.8, 4) is 0 Å². The molecule has 1 saturated heterocycles. The van der Waals surface area contributed by atoms with E-state index in [1.165, 1.54) is 11.8 Å². The molecule has 3 aromatic carbocycles. The molecule has 1 aliphatic heterocycles.